The molecule has 1 aliphatic heterocycles. The number of aliphatic hydroxyl groups is 2. The van der Waals surface area contributed by atoms with Gasteiger partial charge in [0.1, 0.15) is 5.82 Å². The van der Waals surface area contributed by atoms with Gasteiger partial charge in [0.15, 0.2) is 0 Å². The Morgan fingerprint density at radius 2 is 1.90 bits per heavy atom. The smallest absolute Gasteiger partial charge is 0.315 e. The van der Waals surface area contributed by atoms with Gasteiger partial charge in [-0.3, -0.25) is 0 Å². The van der Waals surface area contributed by atoms with E-state index >= 15 is 0 Å². The van der Waals surface area contributed by atoms with E-state index in [1.54, 1.807) is 12.1 Å². The molecule has 2 aromatic rings. The minimum absolute atomic E-state index is 0.187. The van der Waals surface area contributed by atoms with Crippen molar-refractivity contribution in [3.8, 4) is 0 Å². The summed E-state index contributed by atoms with van der Waals surface area (Å²) in [6, 6.07) is 11.8. The molecule has 4 rings (SSSR count). The maximum absolute atomic E-state index is 14.5. The number of anilines is 1. The number of halogens is 1. The fourth-order valence-electron chi connectivity index (χ4n) is 4.15. The third-order valence-electron chi connectivity index (χ3n) is 5.76. The van der Waals surface area contributed by atoms with Crippen LogP contribution >= 0.6 is 0 Å². The van der Waals surface area contributed by atoms with Gasteiger partial charge >= 0.3 is 6.03 Å². The van der Waals surface area contributed by atoms with E-state index in [4.69, 9.17) is 0 Å². The quantitative estimate of drug-likeness (QED) is 0.635. The lowest BCUT2D eigenvalue weighted by atomic mass is 10.1. The third-order valence-corrected chi connectivity index (χ3v) is 5.76. The lowest BCUT2D eigenvalue weighted by Crippen LogP contribution is -2.40. The Morgan fingerprint density at radius 3 is 2.66 bits per heavy atom. The first-order chi connectivity index (χ1) is 14.0. The Morgan fingerprint density at radius 1 is 1.14 bits per heavy atom. The second-order valence-corrected chi connectivity index (χ2v) is 7.78. The first kappa shape index (κ1) is 19.7. The molecule has 0 bridgehead atoms. The first-order valence-corrected chi connectivity index (χ1v) is 10.0. The average molecular weight is 399 g/mol. The maximum atomic E-state index is 14.5. The zero-order chi connectivity index (χ0) is 20.4. The summed E-state index contributed by atoms with van der Waals surface area (Å²) in [5, 5.41) is 25.4. The molecule has 1 aliphatic carbocycles. The zero-order valence-corrected chi connectivity index (χ0v) is 16.1. The molecule has 2 aliphatic rings. The van der Waals surface area contributed by atoms with Crippen molar-refractivity contribution in [2.45, 2.75) is 44.1 Å². The van der Waals surface area contributed by atoms with Crippen LogP contribution in [-0.4, -0.2) is 41.5 Å². The van der Waals surface area contributed by atoms with Crippen LogP contribution in [0.2, 0.25) is 0 Å². The van der Waals surface area contributed by atoms with Crippen LogP contribution in [0.1, 0.15) is 35.6 Å². The normalized spacial score (nSPS) is 21.7. The standard InChI is InChI=1S/C22H26FN3O3/c23-18-11-14(5-6-19(18)26-9-7-16(27)8-10-26)13-24-22(29)25-21-17-4-2-1-3-15(17)12-20(21)28/h1-6,11,16,20-21,27-28H,7-10,12-13H2,(H2,24,25,29)/t20-,21+/m0/s1. The van der Waals surface area contributed by atoms with Gasteiger partial charge in [-0.05, 0) is 41.7 Å². The molecule has 2 aromatic carbocycles. The topological polar surface area (TPSA) is 84.8 Å². The third kappa shape index (κ3) is 4.36. The van der Waals surface area contributed by atoms with Gasteiger partial charge in [-0.25, -0.2) is 9.18 Å². The highest BCUT2D eigenvalue weighted by molar-refractivity contribution is 5.75. The molecular weight excluding hydrogens is 373 g/mol. The van der Waals surface area contributed by atoms with Crippen molar-refractivity contribution in [3.63, 3.8) is 0 Å². The largest absolute Gasteiger partial charge is 0.393 e. The molecule has 1 saturated heterocycles. The van der Waals surface area contributed by atoms with E-state index in [2.05, 4.69) is 10.6 Å². The Labute approximate surface area is 169 Å². The number of aliphatic hydroxyl groups excluding tert-OH is 2. The van der Waals surface area contributed by atoms with Gasteiger partial charge in [0.25, 0.3) is 0 Å². The Balaban J connectivity index is 1.33. The van der Waals surface area contributed by atoms with Crippen molar-refractivity contribution >= 4 is 11.7 Å². The molecule has 1 fully saturated rings. The summed E-state index contributed by atoms with van der Waals surface area (Å²) < 4.78 is 14.5. The van der Waals surface area contributed by atoms with Crippen LogP contribution < -0.4 is 15.5 Å². The van der Waals surface area contributed by atoms with E-state index in [1.165, 1.54) is 6.07 Å². The number of hydrogen-bond acceptors (Lipinski definition) is 4. The van der Waals surface area contributed by atoms with Gasteiger partial charge in [-0.1, -0.05) is 30.3 Å². The second-order valence-electron chi connectivity index (χ2n) is 7.78. The Kier molecular flexibility index (Phi) is 5.69. The summed E-state index contributed by atoms with van der Waals surface area (Å²) >= 11 is 0. The van der Waals surface area contributed by atoms with Gasteiger partial charge in [-0.15, -0.1) is 0 Å². The minimum atomic E-state index is -0.655. The molecule has 29 heavy (non-hydrogen) atoms. The highest BCUT2D eigenvalue weighted by Gasteiger charge is 2.31. The number of hydrogen-bond donors (Lipinski definition) is 4. The number of rotatable bonds is 4. The fraction of sp³-hybridized carbons (Fsp3) is 0.409. The predicted octanol–water partition coefficient (Wildman–Crippen LogP) is 2.24. The lowest BCUT2D eigenvalue weighted by molar-refractivity contribution is 0.142. The molecule has 4 N–H and O–H groups in total. The van der Waals surface area contributed by atoms with Crippen LogP contribution in [0.3, 0.4) is 0 Å². The van der Waals surface area contributed by atoms with Crippen molar-refractivity contribution in [3.05, 3.63) is 65.0 Å². The molecule has 1 heterocycles. The SMILES string of the molecule is O=C(NCc1ccc(N2CCC(O)CC2)c(F)c1)N[C@@H]1c2ccccc2C[C@@H]1O. The summed E-state index contributed by atoms with van der Waals surface area (Å²) in [5.41, 5.74) is 3.15. The van der Waals surface area contributed by atoms with Gasteiger partial charge in [0.2, 0.25) is 0 Å². The highest BCUT2D eigenvalue weighted by Crippen LogP contribution is 2.31. The number of benzene rings is 2. The molecule has 6 nitrogen and oxygen atoms in total. The second kappa shape index (κ2) is 8.39. The number of carbonyl (C=O) groups is 1. The van der Waals surface area contributed by atoms with Crippen LogP contribution in [0.25, 0.3) is 0 Å². The van der Waals surface area contributed by atoms with E-state index in [0.29, 0.717) is 43.6 Å². The summed E-state index contributed by atoms with van der Waals surface area (Å²) in [6.07, 6.45) is 0.832. The molecule has 0 radical (unpaired) electrons. The van der Waals surface area contributed by atoms with Gasteiger partial charge in [-0.2, -0.15) is 0 Å². The highest BCUT2D eigenvalue weighted by atomic mass is 19.1. The number of urea groups is 1. The molecule has 7 heteroatoms. The van der Waals surface area contributed by atoms with Crippen molar-refractivity contribution in [1.29, 1.82) is 0 Å². The van der Waals surface area contributed by atoms with Crippen LogP contribution in [0.5, 0.6) is 0 Å². The summed E-state index contributed by atoms with van der Waals surface area (Å²) in [7, 11) is 0. The number of nitrogens with one attached hydrogen (secondary N) is 2. The van der Waals surface area contributed by atoms with E-state index in [1.807, 2.05) is 29.2 Å². The van der Waals surface area contributed by atoms with Crippen LogP contribution in [0.15, 0.2) is 42.5 Å². The first-order valence-electron chi connectivity index (χ1n) is 10.0. The molecule has 154 valence electrons. The number of piperidine rings is 1. The lowest BCUT2D eigenvalue weighted by Gasteiger charge is -2.31. The van der Waals surface area contributed by atoms with Gasteiger partial charge in [0.05, 0.1) is 23.9 Å². The molecule has 0 aromatic heterocycles. The van der Waals surface area contributed by atoms with Crippen LogP contribution in [0, 0.1) is 5.82 Å². The maximum Gasteiger partial charge on any atom is 0.315 e. The molecule has 2 amide bonds. The van der Waals surface area contributed by atoms with E-state index in [-0.39, 0.29) is 18.5 Å². The fourth-order valence-corrected chi connectivity index (χ4v) is 4.15. The van der Waals surface area contributed by atoms with Gasteiger partial charge < -0.3 is 25.7 Å². The van der Waals surface area contributed by atoms with Gasteiger partial charge in [0, 0.05) is 26.1 Å². The van der Waals surface area contributed by atoms with Crippen LogP contribution in [-0.2, 0) is 13.0 Å². The summed E-state index contributed by atoms with van der Waals surface area (Å²) in [6.45, 7) is 1.44. The van der Waals surface area contributed by atoms with Crippen molar-refractivity contribution in [2.75, 3.05) is 18.0 Å². The summed E-state index contributed by atoms with van der Waals surface area (Å²) in [5.74, 6) is -0.332. The van der Waals surface area contributed by atoms with E-state index in [9.17, 15) is 19.4 Å². The van der Waals surface area contributed by atoms with Crippen molar-refractivity contribution < 1.29 is 19.4 Å². The number of carbonyl (C=O) groups excluding carboxylic acids is 1. The number of amides is 2. The molecule has 2 atom stereocenters. The minimum Gasteiger partial charge on any atom is -0.393 e. The Hall–Kier alpha value is -2.64. The molecule has 0 saturated carbocycles. The molecule has 0 spiro atoms. The van der Waals surface area contributed by atoms with Crippen molar-refractivity contribution in [2.24, 2.45) is 0 Å². The van der Waals surface area contributed by atoms with E-state index in [0.717, 1.165) is 11.1 Å². The molecule has 0 unspecified atom stereocenters. The molecular formula is C22H26FN3O3. The number of fused-ring (bicyclic) bond motifs is 1. The van der Waals surface area contributed by atoms with E-state index < -0.39 is 18.2 Å². The number of nitrogens with zero attached hydrogens (tertiary/aromatic N) is 1. The van der Waals surface area contributed by atoms with Crippen LogP contribution in [0.4, 0.5) is 14.9 Å². The van der Waals surface area contributed by atoms with Crippen molar-refractivity contribution in [1.82, 2.24) is 10.6 Å². The zero-order valence-electron chi connectivity index (χ0n) is 16.1. The average Bonchev–Trinajstić information content (AvgIpc) is 3.03. The monoisotopic (exact) mass is 399 g/mol. The summed E-state index contributed by atoms with van der Waals surface area (Å²) in [4.78, 5) is 14.2. The predicted molar refractivity (Wildman–Crippen MR) is 108 cm³/mol. The Bertz CT molecular complexity index is 883.